The molecule has 1 aliphatic heterocycles. The summed E-state index contributed by atoms with van der Waals surface area (Å²) in [4.78, 5) is 8.90. The maximum absolute atomic E-state index is 11.5. The first-order valence-corrected chi connectivity index (χ1v) is 2.99. The van der Waals surface area contributed by atoms with Crippen molar-refractivity contribution in [3.05, 3.63) is 0 Å². The van der Waals surface area contributed by atoms with Crippen molar-refractivity contribution in [2.45, 2.75) is 12.3 Å². The molecule has 7 heteroatoms. The van der Waals surface area contributed by atoms with E-state index in [0.717, 1.165) is 0 Å². The molecule has 3 nitrogen and oxygen atoms in total. The van der Waals surface area contributed by atoms with Crippen molar-refractivity contribution in [1.82, 2.24) is 5.32 Å². The highest BCUT2D eigenvalue weighted by Crippen LogP contribution is 2.13. The van der Waals surface area contributed by atoms with Crippen LogP contribution in [0.3, 0.4) is 0 Å². The third-order valence-corrected chi connectivity index (χ3v) is 0.974. The zero-order valence-electron chi connectivity index (χ0n) is 5.86. The molecule has 0 unspecified atom stereocenters. The van der Waals surface area contributed by atoms with E-state index in [2.05, 4.69) is 5.32 Å². The summed E-state index contributed by atoms with van der Waals surface area (Å²) in [5.41, 5.74) is 0. The van der Waals surface area contributed by atoms with Crippen LogP contribution in [0.25, 0.3) is 0 Å². The van der Waals surface area contributed by atoms with Gasteiger partial charge in [0.05, 0.1) is 0 Å². The van der Waals surface area contributed by atoms with E-state index in [1.54, 1.807) is 0 Å². The Hall–Kier alpha value is -0.850. The van der Waals surface area contributed by atoms with E-state index >= 15 is 0 Å². The van der Waals surface area contributed by atoms with Crippen molar-refractivity contribution < 1.29 is 27.5 Å². The second-order valence-electron chi connectivity index (χ2n) is 2.06. The first-order valence-electron chi connectivity index (χ1n) is 2.99. The number of halogens is 4. The molecule has 12 heavy (non-hydrogen) atoms. The van der Waals surface area contributed by atoms with Crippen LogP contribution in [0.2, 0.25) is 0 Å². The Morgan fingerprint density at radius 1 is 1.42 bits per heavy atom. The predicted octanol–water partition coefficient (Wildman–Crippen LogP) is 0.561. The van der Waals surface area contributed by atoms with Crippen molar-refractivity contribution in [3.8, 4) is 0 Å². The lowest BCUT2D eigenvalue weighted by Gasteiger charge is -2.17. The van der Waals surface area contributed by atoms with Gasteiger partial charge in [-0.05, 0) is 0 Å². The van der Waals surface area contributed by atoms with E-state index in [0.29, 0.717) is 13.1 Å². The van der Waals surface area contributed by atoms with E-state index < -0.39 is 18.3 Å². The number of nitrogens with one attached hydrogen (secondary N) is 1. The minimum atomic E-state index is -5.08. The highest BCUT2D eigenvalue weighted by Gasteiger charge is 2.38. The minimum Gasteiger partial charge on any atom is -0.475 e. The van der Waals surface area contributed by atoms with Crippen molar-refractivity contribution in [2.75, 3.05) is 13.1 Å². The molecule has 1 aliphatic rings. The molecular formula is C5H7F4NO2. The molecule has 0 atom stereocenters. The summed E-state index contributed by atoms with van der Waals surface area (Å²) < 4.78 is 43.2. The first-order chi connectivity index (χ1) is 5.34. The molecule has 2 N–H and O–H groups in total. The Balaban J connectivity index is 0.000000211. The van der Waals surface area contributed by atoms with Crippen LogP contribution in [0.1, 0.15) is 0 Å². The Kier molecular flexibility index (Phi) is 3.94. The number of hydrogen-bond acceptors (Lipinski definition) is 2. The van der Waals surface area contributed by atoms with Gasteiger partial charge in [-0.15, -0.1) is 0 Å². The van der Waals surface area contributed by atoms with Crippen LogP contribution in [-0.4, -0.2) is 36.5 Å². The van der Waals surface area contributed by atoms with Crippen LogP contribution in [0, 0.1) is 0 Å². The van der Waals surface area contributed by atoms with Gasteiger partial charge in [0.25, 0.3) is 0 Å². The zero-order valence-corrected chi connectivity index (χ0v) is 5.86. The molecule has 1 saturated heterocycles. The van der Waals surface area contributed by atoms with Gasteiger partial charge in [0.1, 0.15) is 6.17 Å². The maximum Gasteiger partial charge on any atom is 0.490 e. The van der Waals surface area contributed by atoms with Gasteiger partial charge in [0.2, 0.25) is 0 Å². The third kappa shape index (κ3) is 4.89. The van der Waals surface area contributed by atoms with Crippen molar-refractivity contribution >= 4 is 5.97 Å². The van der Waals surface area contributed by atoms with Crippen molar-refractivity contribution in [2.24, 2.45) is 0 Å². The largest absolute Gasteiger partial charge is 0.490 e. The third-order valence-electron chi connectivity index (χ3n) is 0.974. The van der Waals surface area contributed by atoms with Gasteiger partial charge in [-0.25, -0.2) is 9.18 Å². The fraction of sp³-hybridized carbons (Fsp3) is 0.800. The standard InChI is InChI=1S/C3H6FN.C2HF3O2/c4-3-1-5-2-3;3-2(4,5)1(6)7/h3,5H,1-2H2;(H,6,7). The molecular weight excluding hydrogens is 182 g/mol. The number of carboxylic acids is 1. The molecule has 1 rings (SSSR count). The van der Waals surface area contributed by atoms with Gasteiger partial charge in [0.15, 0.2) is 0 Å². The van der Waals surface area contributed by atoms with Gasteiger partial charge in [0, 0.05) is 13.1 Å². The highest BCUT2D eigenvalue weighted by molar-refractivity contribution is 5.73. The minimum absolute atomic E-state index is 0.546. The molecule has 1 fully saturated rings. The van der Waals surface area contributed by atoms with E-state index in [-0.39, 0.29) is 0 Å². The van der Waals surface area contributed by atoms with Gasteiger partial charge < -0.3 is 10.4 Å². The van der Waals surface area contributed by atoms with Crippen LogP contribution >= 0.6 is 0 Å². The summed E-state index contributed by atoms with van der Waals surface area (Å²) in [6.45, 7) is 1.14. The Labute approximate surface area is 65.4 Å². The van der Waals surface area contributed by atoms with Crippen molar-refractivity contribution in [1.29, 1.82) is 0 Å². The number of carboxylic acid groups (broad SMARTS) is 1. The summed E-state index contributed by atoms with van der Waals surface area (Å²) in [5.74, 6) is -2.76. The smallest absolute Gasteiger partial charge is 0.475 e. The molecule has 0 aromatic rings. The molecule has 0 radical (unpaired) electrons. The summed E-state index contributed by atoms with van der Waals surface area (Å²) in [6, 6.07) is 0. The SMILES string of the molecule is FC1CNC1.O=C(O)C(F)(F)F. The average Bonchev–Trinajstić information content (AvgIpc) is 1.83. The number of hydrogen-bond donors (Lipinski definition) is 2. The van der Waals surface area contributed by atoms with Crippen LogP contribution in [0.15, 0.2) is 0 Å². The Morgan fingerprint density at radius 2 is 1.67 bits per heavy atom. The van der Waals surface area contributed by atoms with Gasteiger partial charge >= 0.3 is 12.1 Å². The molecule has 0 aromatic heterocycles. The number of aliphatic carboxylic acids is 1. The highest BCUT2D eigenvalue weighted by atomic mass is 19.4. The number of rotatable bonds is 0. The topological polar surface area (TPSA) is 49.3 Å². The van der Waals surface area contributed by atoms with E-state index in [4.69, 9.17) is 9.90 Å². The lowest BCUT2D eigenvalue weighted by molar-refractivity contribution is -0.192. The lowest BCUT2D eigenvalue weighted by Crippen LogP contribution is -2.43. The molecule has 72 valence electrons. The van der Waals surface area contributed by atoms with Crippen molar-refractivity contribution in [3.63, 3.8) is 0 Å². The summed E-state index contributed by atoms with van der Waals surface area (Å²) >= 11 is 0. The van der Waals surface area contributed by atoms with Gasteiger partial charge in [-0.3, -0.25) is 0 Å². The first kappa shape index (κ1) is 11.2. The molecule has 0 bridgehead atoms. The molecule has 0 spiro atoms. The van der Waals surface area contributed by atoms with E-state index in [9.17, 15) is 17.6 Å². The Morgan fingerprint density at radius 3 is 1.67 bits per heavy atom. The second kappa shape index (κ2) is 4.24. The fourth-order valence-corrected chi connectivity index (χ4v) is 0.253. The Bertz CT molecular complexity index is 154. The lowest BCUT2D eigenvalue weighted by atomic mass is 10.3. The summed E-state index contributed by atoms with van der Waals surface area (Å²) in [7, 11) is 0. The molecule has 0 amide bonds. The quantitative estimate of drug-likeness (QED) is 0.547. The number of carbonyl (C=O) groups is 1. The van der Waals surface area contributed by atoms with Crippen LogP contribution in [-0.2, 0) is 4.79 Å². The maximum atomic E-state index is 11.5. The molecule has 0 saturated carbocycles. The van der Waals surface area contributed by atoms with E-state index in [1.807, 2.05) is 0 Å². The molecule has 0 aliphatic carbocycles. The second-order valence-corrected chi connectivity index (χ2v) is 2.06. The fourth-order valence-electron chi connectivity index (χ4n) is 0.253. The van der Waals surface area contributed by atoms with Crippen LogP contribution in [0.5, 0.6) is 0 Å². The zero-order chi connectivity index (χ0) is 9.78. The van der Waals surface area contributed by atoms with Gasteiger partial charge in [-0.2, -0.15) is 13.2 Å². The van der Waals surface area contributed by atoms with E-state index in [1.165, 1.54) is 0 Å². The number of alkyl halides is 4. The molecule has 1 heterocycles. The average molecular weight is 189 g/mol. The van der Waals surface area contributed by atoms with Gasteiger partial charge in [-0.1, -0.05) is 0 Å². The van der Waals surface area contributed by atoms with Crippen LogP contribution < -0.4 is 5.32 Å². The summed E-state index contributed by atoms with van der Waals surface area (Å²) in [6.07, 6.45) is -5.63. The molecule has 0 aromatic carbocycles. The van der Waals surface area contributed by atoms with Crippen LogP contribution in [0.4, 0.5) is 17.6 Å². The predicted molar refractivity (Wildman–Crippen MR) is 31.5 cm³/mol. The normalized spacial score (nSPS) is 17.3. The monoisotopic (exact) mass is 189 g/mol. The summed E-state index contributed by atoms with van der Waals surface area (Å²) in [5, 5.41) is 9.91.